The Hall–Kier alpha value is -1.20. The number of nitrogens with one attached hydrogen (secondary N) is 1. The minimum absolute atomic E-state index is 0.176. The summed E-state index contributed by atoms with van der Waals surface area (Å²) in [5, 5.41) is 2.08. The Balaban J connectivity index is 4.29. The Bertz CT molecular complexity index is 272. The molecule has 0 amide bonds. The summed E-state index contributed by atoms with van der Waals surface area (Å²) in [6, 6.07) is 0. The number of hydrogen-bond acceptors (Lipinski definition) is 3. The lowest BCUT2D eigenvalue weighted by molar-refractivity contribution is -0.153. The van der Waals surface area contributed by atoms with E-state index in [1.807, 2.05) is 0 Å². The summed E-state index contributed by atoms with van der Waals surface area (Å²) < 4.78 is 41.0. The first kappa shape index (κ1) is 14.8. The van der Waals surface area contributed by atoms with Gasteiger partial charge in [0.2, 0.25) is 0 Å². The van der Waals surface area contributed by atoms with Gasteiger partial charge in [0.05, 0.1) is 12.0 Å². The lowest BCUT2D eigenvalue weighted by Crippen LogP contribution is -2.39. The Morgan fingerprint density at radius 3 is 2.25 bits per heavy atom. The van der Waals surface area contributed by atoms with Gasteiger partial charge < -0.3 is 10.1 Å². The van der Waals surface area contributed by atoms with Crippen LogP contribution in [0.1, 0.15) is 20.8 Å². The number of allylic oxidation sites excluding steroid dienone is 1. The largest absolute Gasteiger partial charge is 0.466 e. The molecular weight excluding hydrogens is 223 g/mol. The van der Waals surface area contributed by atoms with Crippen LogP contribution in [0.25, 0.3) is 0 Å². The molecule has 94 valence electrons. The van der Waals surface area contributed by atoms with Crippen molar-refractivity contribution in [2.45, 2.75) is 26.9 Å². The molecule has 0 aromatic rings. The average molecular weight is 239 g/mol. The second-order valence-electron chi connectivity index (χ2n) is 3.93. The summed E-state index contributed by atoms with van der Waals surface area (Å²) in [4.78, 5) is 11.4. The molecule has 0 aromatic heterocycles. The van der Waals surface area contributed by atoms with Crippen molar-refractivity contribution < 1.29 is 22.7 Å². The van der Waals surface area contributed by atoms with Gasteiger partial charge in [-0.15, -0.1) is 0 Å². The zero-order valence-corrected chi connectivity index (χ0v) is 9.57. The number of ether oxygens (including phenoxy) is 1. The van der Waals surface area contributed by atoms with Crippen LogP contribution in [0.3, 0.4) is 0 Å². The molecule has 0 spiro atoms. The zero-order chi connectivity index (χ0) is 13.0. The molecule has 0 aliphatic heterocycles. The number of esters is 1. The Morgan fingerprint density at radius 1 is 1.38 bits per heavy atom. The molecular formula is C10H16F3NO2. The fourth-order valence-corrected chi connectivity index (χ4v) is 0.827. The third kappa shape index (κ3) is 4.55. The van der Waals surface area contributed by atoms with E-state index in [-0.39, 0.29) is 13.2 Å². The molecule has 3 nitrogen and oxygen atoms in total. The highest BCUT2D eigenvalue weighted by atomic mass is 19.4. The van der Waals surface area contributed by atoms with Crippen LogP contribution < -0.4 is 5.32 Å². The molecule has 0 aromatic carbocycles. The molecule has 16 heavy (non-hydrogen) atoms. The van der Waals surface area contributed by atoms with Crippen LogP contribution in [0, 0.1) is 5.41 Å². The highest BCUT2D eigenvalue weighted by molar-refractivity contribution is 5.76. The van der Waals surface area contributed by atoms with Crippen LogP contribution in [-0.4, -0.2) is 25.3 Å². The maximum absolute atomic E-state index is 12.1. The van der Waals surface area contributed by atoms with E-state index < -0.39 is 23.3 Å². The first-order valence-electron chi connectivity index (χ1n) is 4.78. The standard InChI is InChI=1S/C10H16F3NO2/c1-5-16-8(15)9(3,4)6-14-7(2)10(11,12)13/h14H,2,5-6H2,1,3-4H3. The van der Waals surface area contributed by atoms with E-state index in [0.717, 1.165) is 0 Å². The number of rotatable bonds is 5. The minimum Gasteiger partial charge on any atom is -0.466 e. The molecule has 1 N–H and O–H groups in total. The normalized spacial score (nSPS) is 12.1. The zero-order valence-electron chi connectivity index (χ0n) is 9.57. The molecule has 0 rings (SSSR count). The molecule has 0 heterocycles. The lowest BCUT2D eigenvalue weighted by atomic mass is 9.93. The van der Waals surface area contributed by atoms with Crippen LogP contribution in [0.2, 0.25) is 0 Å². The number of carbonyl (C=O) groups is 1. The second-order valence-corrected chi connectivity index (χ2v) is 3.93. The highest BCUT2D eigenvalue weighted by Gasteiger charge is 2.35. The topological polar surface area (TPSA) is 38.3 Å². The average Bonchev–Trinajstić information content (AvgIpc) is 2.13. The van der Waals surface area contributed by atoms with Crippen molar-refractivity contribution in [3.63, 3.8) is 0 Å². The third-order valence-corrected chi connectivity index (χ3v) is 1.91. The maximum atomic E-state index is 12.1. The van der Waals surface area contributed by atoms with E-state index in [0.29, 0.717) is 0 Å². The van der Waals surface area contributed by atoms with Gasteiger partial charge in [0.1, 0.15) is 5.70 Å². The van der Waals surface area contributed by atoms with Gasteiger partial charge in [-0.3, -0.25) is 4.79 Å². The van der Waals surface area contributed by atoms with Crippen LogP contribution >= 0.6 is 0 Å². The molecule has 0 aliphatic rings. The van der Waals surface area contributed by atoms with Crippen molar-refractivity contribution in [1.29, 1.82) is 0 Å². The molecule has 0 aliphatic carbocycles. The fourth-order valence-electron chi connectivity index (χ4n) is 0.827. The predicted molar refractivity (Wildman–Crippen MR) is 53.6 cm³/mol. The minimum atomic E-state index is -4.50. The smallest absolute Gasteiger partial charge is 0.430 e. The Labute approximate surface area is 92.7 Å². The molecule has 0 fully saturated rings. The maximum Gasteiger partial charge on any atom is 0.430 e. The van der Waals surface area contributed by atoms with Gasteiger partial charge in [-0.2, -0.15) is 13.2 Å². The van der Waals surface area contributed by atoms with Gasteiger partial charge in [-0.25, -0.2) is 0 Å². The monoisotopic (exact) mass is 239 g/mol. The van der Waals surface area contributed by atoms with E-state index in [1.54, 1.807) is 6.92 Å². The van der Waals surface area contributed by atoms with Crippen LogP contribution in [-0.2, 0) is 9.53 Å². The Kier molecular flexibility index (Phi) is 4.83. The quantitative estimate of drug-likeness (QED) is 0.748. The summed E-state index contributed by atoms with van der Waals surface area (Å²) in [7, 11) is 0. The first-order chi connectivity index (χ1) is 7.11. The van der Waals surface area contributed by atoms with Crippen molar-refractivity contribution in [2.24, 2.45) is 5.41 Å². The lowest BCUT2D eigenvalue weighted by Gasteiger charge is -2.24. The highest BCUT2D eigenvalue weighted by Crippen LogP contribution is 2.23. The molecule has 6 heteroatoms. The van der Waals surface area contributed by atoms with Gasteiger partial charge in [0, 0.05) is 6.54 Å². The van der Waals surface area contributed by atoms with E-state index in [1.165, 1.54) is 13.8 Å². The van der Waals surface area contributed by atoms with Crippen molar-refractivity contribution in [1.82, 2.24) is 5.32 Å². The van der Waals surface area contributed by atoms with E-state index in [9.17, 15) is 18.0 Å². The summed E-state index contributed by atoms with van der Waals surface area (Å²) in [5.74, 6) is -0.544. The SMILES string of the molecule is C=C(NCC(C)(C)C(=O)OCC)C(F)(F)F. The van der Waals surface area contributed by atoms with Gasteiger partial charge in [0.15, 0.2) is 0 Å². The van der Waals surface area contributed by atoms with Crippen LogP contribution in [0.15, 0.2) is 12.3 Å². The van der Waals surface area contributed by atoms with Crippen molar-refractivity contribution in [3.8, 4) is 0 Å². The van der Waals surface area contributed by atoms with E-state index in [2.05, 4.69) is 11.9 Å². The molecule has 0 atom stereocenters. The second kappa shape index (κ2) is 5.23. The summed E-state index contributed by atoms with van der Waals surface area (Å²) >= 11 is 0. The molecule has 0 saturated heterocycles. The fraction of sp³-hybridized carbons (Fsp3) is 0.700. The van der Waals surface area contributed by atoms with Gasteiger partial charge in [0.25, 0.3) is 0 Å². The van der Waals surface area contributed by atoms with Crippen molar-refractivity contribution >= 4 is 5.97 Å². The predicted octanol–water partition coefficient (Wildman–Crippen LogP) is 2.24. The number of alkyl halides is 3. The Morgan fingerprint density at radius 2 is 1.88 bits per heavy atom. The van der Waals surface area contributed by atoms with Crippen LogP contribution in [0.4, 0.5) is 13.2 Å². The van der Waals surface area contributed by atoms with Gasteiger partial charge in [-0.1, -0.05) is 6.58 Å². The van der Waals surface area contributed by atoms with Gasteiger partial charge in [-0.05, 0) is 20.8 Å². The van der Waals surface area contributed by atoms with E-state index in [4.69, 9.17) is 4.74 Å². The summed E-state index contributed by atoms with van der Waals surface area (Å²) in [6.07, 6.45) is -4.50. The molecule has 0 radical (unpaired) electrons. The summed E-state index contributed by atoms with van der Waals surface area (Å²) in [6.45, 7) is 7.50. The molecule has 0 unspecified atom stereocenters. The first-order valence-corrected chi connectivity index (χ1v) is 4.78. The molecule has 0 bridgehead atoms. The number of hydrogen-bond donors (Lipinski definition) is 1. The van der Waals surface area contributed by atoms with Crippen molar-refractivity contribution in [3.05, 3.63) is 12.3 Å². The summed E-state index contributed by atoms with van der Waals surface area (Å²) in [5.41, 5.74) is -2.09. The molecule has 0 saturated carbocycles. The van der Waals surface area contributed by atoms with Crippen molar-refractivity contribution in [2.75, 3.05) is 13.2 Å². The number of halogens is 3. The van der Waals surface area contributed by atoms with Gasteiger partial charge >= 0.3 is 12.1 Å². The van der Waals surface area contributed by atoms with E-state index >= 15 is 0 Å². The number of carbonyl (C=O) groups excluding carboxylic acids is 1. The van der Waals surface area contributed by atoms with Crippen LogP contribution in [0.5, 0.6) is 0 Å². The third-order valence-electron chi connectivity index (χ3n) is 1.91.